The van der Waals surface area contributed by atoms with Crippen LogP contribution in [0.5, 0.6) is 5.75 Å². The van der Waals surface area contributed by atoms with Gasteiger partial charge in [-0.25, -0.2) is 22.8 Å². The highest BCUT2D eigenvalue weighted by molar-refractivity contribution is 7.93. The van der Waals surface area contributed by atoms with Gasteiger partial charge in [0.1, 0.15) is 11.9 Å². The fraction of sp³-hybridized carbons (Fsp3) is 0.278. The number of carbonyl (C=O) groups is 1. The summed E-state index contributed by atoms with van der Waals surface area (Å²) in [7, 11) is -3.28. The minimum absolute atomic E-state index is 0.122. The van der Waals surface area contributed by atoms with Crippen LogP contribution in [-0.4, -0.2) is 36.6 Å². The lowest BCUT2D eigenvalue weighted by molar-refractivity contribution is 0.0936. The summed E-state index contributed by atoms with van der Waals surface area (Å²) in [5.41, 5.74) is 0.206. The lowest BCUT2D eigenvalue weighted by Gasteiger charge is -2.16. The molecule has 2 aromatic rings. The van der Waals surface area contributed by atoms with E-state index in [1.807, 2.05) is 0 Å². The SMILES string of the molecule is CC(Oc1cnc(C(=O)N[C@H](C)/C=C/S(C)(=O)=O)nc1)c1c(F)cccc1Cl. The first-order valence-electron chi connectivity index (χ1n) is 8.18. The van der Waals surface area contributed by atoms with Gasteiger partial charge in [0.05, 0.1) is 17.4 Å². The summed E-state index contributed by atoms with van der Waals surface area (Å²) in [6.07, 6.45) is 4.26. The maximum absolute atomic E-state index is 13.9. The van der Waals surface area contributed by atoms with E-state index in [9.17, 15) is 17.6 Å². The predicted molar refractivity (Wildman–Crippen MR) is 103 cm³/mol. The minimum atomic E-state index is -3.28. The van der Waals surface area contributed by atoms with Gasteiger partial charge in [0, 0.05) is 23.3 Å². The van der Waals surface area contributed by atoms with E-state index in [2.05, 4.69) is 15.3 Å². The number of ether oxygens (including phenoxy) is 1. The lowest BCUT2D eigenvalue weighted by Crippen LogP contribution is -2.32. The maximum atomic E-state index is 13.9. The molecule has 0 aliphatic carbocycles. The van der Waals surface area contributed by atoms with Crippen LogP contribution in [0.3, 0.4) is 0 Å². The highest BCUT2D eigenvalue weighted by atomic mass is 35.5. The largest absolute Gasteiger partial charge is 0.483 e. The number of nitrogens with one attached hydrogen (secondary N) is 1. The Morgan fingerprint density at radius 2 is 1.93 bits per heavy atom. The van der Waals surface area contributed by atoms with Crippen molar-refractivity contribution >= 4 is 27.3 Å². The molecule has 0 bridgehead atoms. The molecular weight excluding hydrogens is 409 g/mol. The monoisotopic (exact) mass is 427 g/mol. The van der Waals surface area contributed by atoms with Crippen molar-refractivity contribution in [2.45, 2.75) is 26.0 Å². The second-order valence-corrected chi connectivity index (χ2v) is 8.40. The Kier molecular flexibility index (Phi) is 7.09. The Morgan fingerprint density at radius 1 is 1.29 bits per heavy atom. The van der Waals surface area contributed by atoms with Crippen molar-refractivity contribution in [2.75, 3.05) is 6.26 Å². The highest BCUT2D eigenvalue weighted by Gasteiger charge is 2.17. The number of rotatable bonds is 7. The average Bonchev–Trinajstić information content (AvgIpc) is 2.60. The van der Waals surface area contributed by atoms with E-state index in [-0.39, 0.29) is 22.2 Å². The molecule has 1 unspecified atom stereocenters. The number of nitrogens with zero attached hydrogens (tertiary/aromatic N) is 2. The summed E-state index contributed by atoms with van der Waals surface area (Å²) in [5.74, 6) is -0.965. The summed E-state index contributed by atoms with van der Waals surface area (Å²) in [4.78, 5) is 19.9. The molecular formula is C18H19ClFN3O4S. The lowest BCUT2D eigenvalue weighted by atomic mass is 10.1. The van der Waals surface area contributed by atoms with E-state index in [1.165, 1.54) is 30.6 Å². The third-order valence-corrected chi connectivity index (χ3v) is 4.50. The van der Waals surface area contributed by atoms with E-state index in [4.69, 9.17) is 16.3 Å². The van der Waals surface area contributed by atoms with Crippen LogP contribution >= 0.6 is 11.6 Å². The topological polar surface area (TPSA) is 98.2 Å². The molecule has 0 saturated carbocycles. The zero-order chi connectivity index (χ0) is 20.9. The standard InChI is InChI=1S/C18H19ClFN3O4S/c1-11(7-8-28(3,25)26)23-18(24)17-21-9-13(10-22-17)27-12(2)16-14(19)5-4-6-15(16)20/h4-12H,1-3H3,(H,23,24)/b8-7+/t11-,12?/m1/s1. The molecule has 1 aromatic heterocycles. The molecule has 1 amide bonds. The van der Waals surface area contributed by atoms with Gasteiger partial charge in [-0.2, -0.15) is 0 Å². The molecule has 2 rings (SSSR count). The molecule has 150 valence electrons. The number of amides is 1. The van der Waals surface area contributed by atoms with Crippen molar-refractivity contribution in [3.63, 3.8) is 0 Å². The van der Waals surface area contributed by atoms with Crippen LogP contribution in [0.15, 0.2) is 42.1 Å². The van der Waals surface area contributed by atoms with Crippen LogP contribution in [0, 0.1) is 5.82 Å². The molecule has 0 aliphatic heterocycles. The number of aromatic nitrogens is 2. The van der Waals surface area contributed by atoms with E-state index >= 15 is 0 Å². The first kappa shape index (κ1) is 21.8. The summed E-state index contributed by atoms with van der Waals surface area (Å²) < 4.78 is 41.7. The van der Waals surface area contributed by atoms with E-state index in [0.29, 0.717) is 0 Å². The molecule has 10 heteroatoms. The summed E-state index contributed by atoms with van der Waals surface area (Å²) in [6.45, 7) is 3.23. The van der Waals surface area contributed by atoms with Gasteiger partial charge in [0.2, 0.25) is 5.82 Å². The summed E-state index contributed by atoms with van der Waals surface area (Å²) >= 11 is 6.01. The molecule has 0 aliphatic rings. The normalized spacial score (nSPS) is 13.9. The number of hydrogen-bond donors (Lipinski definition) is 1. The number of carbonyl (C=O) groups excluding carboxylic acids is 1. The van der Waals surface area contributed by atoms with E-state index in [0.717, 1.165) is 11.7 Å². The van der Waals surface area contributed by atoms with Gasteiger partial charge in [0.25, 0.3) is 5.91 Å². The van der Waals surface area contributed by atoms with E-state index in [1.54, 1.807) is 19.9 Å². The Morgan fingerprint density at radius 3 is 2.50 bits per heavy atom. The summed E-state index contributed by atoms with van der Waals surface area (Å²) in [5, 5.41) is 3.79. The molecule has 7 nitrogen and oxygen atoms in total. The maximum Gasteiger partial charge on any atom is 0.289 e. The van der Waals surface area contributed by atoms with Gasteiger partial charge in [-0.1, -0.05) is 23.7 Å². The van der Waals surface area contributed by atoms with Crippen LogP contribution in [0.2, 0.25) is 5.02 Å². The van der Waals surface area contributed by atoms with Crippen LogP contribution in [0.1, 0.15) is 36.1 Å². The third-order valence-electron chi connectivity index (χ3n) is 3.52. The summed E-state index contributed by atoms with van der Waals surface area (Å²) in [6, 6.07) is 3.80. The second kappa shape index (κ2) is 9.11. The molecule has 1 heterocycles. The molecule has 28 heavy (non-hydrogen) atoms. The van der Waals surface area contributed by atoms with Crippen molar-refractivity contribution in [1.29, 1.82) is 0 Å². The number of benzene rings is 1. The molecule has 0 fully saturated rings. The van der Waals surface area contributed by atoms with Crippen molar-refractivity contribution in [2.24, 2.45) is 0 Å². The molecule has 2 atom stereocenters. The highest BCUT2D eigenvalue weighted by Crippen LogP contribution is 2.29. The Balaban J connectivity index is 2.03. The molecule has 1 N–H and O–H groups in total. The molecule has 0 spiro atoms. The average molecular weight is 428 g/mol. The van der Waals surface area contributed by atoms with Gasteiger partial charge in [-0.3, -0.25) is 4.79 Å². The third kappa shape index (κ3) is 6.28. The number of sulfone groups is 1. The quantitative estimate of drug-likeness (QED) is 0.729. The molecule has 1 aromatic carbocycles. The minimum Gasteiger partial charge on any atom is -0.483 e. The second-order valence-electron chi connectivity index (χ2n) is 6.06. The van der Waals surface area contributed by atoms with Crippen LogP contribution < -0.4 is 10.1 Å². The first-order chi connectivity index (χ1) is 13.1. The number of hydrogen-bond acceptors (Lipinski definition) is 6. The predicted octanol–water partition coefficient (Wildman–Crippen LogP) is 3.09. The Hall–Kier alpha value is -2.52. The van der Waals surface area contributed by atoms with Crippen molar-refractivity contribution < 1.29 is 22.3 Å². The van der Waals surface area contributed by atoms with E-state index < -0.39 is 33.7 Å². The van der Waals surface area contributed by atoms with Gasteiger partial charge >= 0.3 is 0 Å². The Labute approximate surface area is 167 Å². The van der Waals surface area contributed by atoms with Crippen molar-refractivity contribution in [3.8, 4) is 5.75 Å². The molecule has 0 saturated heterocycles. The van der Waals surface area contributed by atoms with Crippen LogP contribution in [0.4, 0.5) is 4.39 Å². The van der Waals surface area contributed by atoms with Crippen LogP contribution in [-0.2, 0) is 9.84 Å². The fourth-order valence-corrected chi connectivity index (χ4v) is 3.07. The van der Waals surface area contributed by atoms with Gasteiger partial charge in [-0.05, 0) is 26.0 Å². The zero-order valence-electron chi connectivity index (χ0n) is 15.4. The van der Waals surface area contributed by atoms with Gasteiger partial charge in [0.15, 0.2) is 15.6 Å². The van der Waals surface area contributed by atoms with Crippen molar-refractivity contribution in [1.82, 2.24) is 15.3 Å². The first-order valence-corrected chi connectivity index (χ1v) is 10.5. The van der Waals surface area contributed by atoms with Crippen LogP contribution in [0.25, 0.3) is 0 Å². The van der Waals surface area contributed by atoms with Gasteiger partial charge < -0.3 is 10.1 Å². The number of halogens is 2. The fourth-order valence-electron chi connectivity index (χ4n) is 2.24. The van der Waals surface area contributed by atoms with Crippen molar-refractivity contribution in [3.05, 3.63) is 64.3 Å². The molecule has 0 radical (unpaired) electrons. The zero-order valence-corrected chi connectivity index (χ0v) is 17.0. The Bertz CT molecular complexity index is 961. The van der Waals surface area contributed by atoms with Gasteiger partial charge in [-0.15, -0.1) is 0 Å². The smallest absolute Gasteiger partial charge is 0.289 e.